The molecule has 18 heavy (non-hydrogen) atoms. The van der Waals surface area contributed by atoms with E-state index in [-0.39, 0.29) is 0 Å². The number of unbranched alkanes of at least 4 members (excludes halogenated alkanes) is 3. The summed E-state index contributed by atoms with van der Waals surface area (Å²) in [5, 5.41) is 2.57. The molecule has 0 aliphatic rings. The smallest absolute Gasteiger partial charge is 0.119 e. The first-order valence-electron chi connectivity index (χ1n) is 6.90. The third kappa shape index (κ3) is 3.25. The zero-order valence-corrected chi connectivity index (χ0v) is 11.4. The van der Waals surface area contributed by atoms with Gasteiger partial charge in [-0.1, -0.05) is 50.5 Å². The van der Waals surface area contributed by atoms with Crippen molar-refractivity contribution in [3.63, 3.8) is 0 Å². The van der Waals surface area contributed by atoms with Crippen LogP contribution in [0.4, 0.5) is 0 Å². The van der Waals surface area contributed by atoms with E-state index in [4.69, 9.17) is 4.74 Å². The molecule has 2 aromatic carbocycles. The molecule has 0 bridgehead atoms. The largest absolute Gasteiger partial charge is 0.497 e. The van der Waals surface area contributed by atoms with Crippen molar-refractivity contribution in [2.45, 2.75) is 39.0 Å². The molecule has 1 nitrogen and oxygen atoms in total. The van der Waals surface area contributed by atoms with Gasteiger partial charge in [0.1, 0.15) is 5.75 Å². The molecular weight excluding hydrogens is 220 g/mol. The minimum atomic E-state index is 0.936. The number of hydrogen-bond donors (Lipinski definition) is 0. The topological polar surface area (TPSA) is 9.23 Å². The van der Waals surface area contributed by atoms with Gasteiger partial charge in [0, 0.05) is 0 Å². The summed E-state index contributed by atoms with van der Waals surface area (Å²) in [6.07, 6.45) is 6.47. The van der Waals surface area contributed by atoms with Crippen LogP contribution in [0.3, 0.4) is 0 Å². The summed E-state index contributed by atoms with van der Waals surface area (Å²) in [5.74, 6) is 0.936. The Morgan fingerprint density at radius 1 is 0.889 bits per heavy atom. The Morgan fingerprint density at radius 2 is 1.72 bits per heavy atom. The molecule has 0 amide bonds. The van der Waals surface area contributed by atoms with E-state index in [1.165, 1.54) is 48.4 Å². The highest BCUT2D eigenvalue weighted by atomic mass is 16.5. The van der Waals surface area contributed by atoms with E-state index < -0.39 is 0 Å². The van der Waals surface area contributed by atoms with Crippen LogP contribution in [0.15, 0.2) is 36.4 Å². The lowest BCUT2D eigenvalue weighted by Gasteiger charge is -2.06. The monoisotopic (exact) mass is 242 g/mol. The fraction of sp³-hybridized carbons (Fsp3) is 0.412. The van der Waals surface area contributed by atoms with Gasteiger partial charge in [0.15, 0.2) is 0 Å². The van der Waals surface area contributed by atoms with E-state index in [1.807, 2.05) is 6.07 Å². The third-order valence-electron chi connectivity index (χ3n) is 3.43. The van der Waals surface area contributed by atoms with Crippen LogP contribution in [0.2, 0.25) is 0 Å². The maximum absolute atomic E-state index is 5.28. The van der Waals surface area contributed by atoms with Gasteiger partial charge in [-0.2, -0.15) is 0 Å². The number of ether oxygens (including phenoxy) is 1. The van der Waals surface area contributed by atoms with Crippen LogP contribution in [-0.4, -0.2) is 7.11 Å². The first kappa shape index (κ1) is 12.9. The van der Waals surface area contributed by atoms with Gasteiger partial charge >= 0.3 is 0 Å². The van der Waals surface area contributed by atoms with Gasteiger partial charge in [0.25, 0.3) is 0 Å². The zero-order valence-electron chi connectivity index (χ0n) is 11.4. The second kappa shape index (κ2) is 6.44. The highest BCUT2D eigenvalue weighted by molar-refractivity contribution is 5.84. The van der Waals surface area contributed by atoms with Crippen LogP contribution < -0.4 is 4.74 Å². The predicted molar refractivity (Wildman–Crippen MR) is 78.3 cm³/mol. The maximum atomic E-state index is 5.28. The molecule has 2 rings (SSSR count). The maximum Gasteiger partial charge on any atom is 0.119 e. The Hall–Kier alpha value is -1.50. The molecule has 1 heteroatoms. The molecule has 0 aliphatic heterocycles. The van der Waals surface area contributed by atoms with Crippen LogP contribution in [0.1, 0.15) is 38.2 Å². The molecule has 2 aromatic rings. The van der Waals surface area contributed by atoms with Gasteiger partial charge in [-0.3, -0.25) is 0 Å². The fourth-order valence-corrected chi connectivity index (χ4v) is 2.31. The zero-order chi connectivity index (χ0) is 12.8. The molecule has 0 radical (unpaired) electrons. The summed E-state index contributed by atoms with van der Waals surface area (Å²) in [6, 6.07) is 13.0. The lowest BCUT2D eigenvalue weighted by Crippen LogP contribution is -1.87. The van der Waals surface area contributed by atoms with Crippen molar-refractivity contribution < 1.29 is 4.74 Å². The van der Waals surface area contributed by atoms with E-state index in [1.54, 1.807) is 7.11 Å². The summed E-state index contributed by atoms with van der Waals surface area (Å²) < 4.78 is 5.28. The Morgan fingerprint density at radius 3 is 2.50 bits per heavy atom. The van der Waals surface area contributed by atoms with Crippen LogP contribution in [0.5, 0.6) is 5.75 Å². The standard InChI is InChI=1S/C17H22O/c1-3-4-5-6-7-14-8-9-15-10-11-17(18-2)13-16(15)12-14/h8-13H,3-7H2,1-2H3. The van der Waals surface area contributed by atoms with E-state index >= 15 is 0 Å². The number of benzene rings is 2. The van der Waals surface area contributed by atoms with Gasteiger partial charge < -0.3 is 4.74 Å². The molecule has 0 saturated carbocycles. The molecule has 0 atom stereocenters. The SMILES string of the molecule is CCCCCCc1ccc2ccc(OC)cc2c1. The van der Waals surface area contributed by atoms with E-state index in [0.717, 1.165) is 5.75 Å². The summed E-state index contributed by atoms with van der Waals surface area (Å²) in [4.78, 5) is 0. The lowest BCUT2D eigenvalue weighted by molar-refractivity contribution is 0.415. The van der Waals surface area contributed by atoms with Gasteiger partial charge in [0.2, 0.25) is 0 Å². The highest BCUT2D eigenvalue weighted by Gasteiger charge is 1.99. The molecule has 0 saturated heterocycles. The first-order valence-corrected chi connectivity index (χ1v) is 6.90. The van der Waals surface area contributed by atoms with Gasteiger partial charge in [-0.05, 0) is 41.3 Å². The van der Waals surface area contributed by atoms with E-state index in [2.05, 4.69) is 37.3 Å². The molecule has 0 N–H and O–H groups in total. The number of fused-ring (bicyclic) bond motifs is 1. The Balaban J connectivity index is 2.10. The van der Waals surface area contributed by atoms with Crippen LogP contribution >= 0.6 is 0 Å². The van der Waals surface area contributed by atoms with Crippen LogP contribution in [0.25, 0.3) is 10.8 Å². The van der Waals surface area contributed by atoms with Crippen molar-refractivity contribution in [2.75, 3.05) is 7.11 Å². The lowest BCUT2D eigenvalue weighted by atomic mass is 10.0. The number of aryl methyl sites for hydroxylation is 1. The fourth-order valence-electron chi connectivity index (χ4n) is 2.31. The molecule has 96 valence electrons. The summed E-state index contributed by atoms with van der Waals surface area (Å²) in [6.45, 7) is 2.25. The quantitative estimate of drug-likeness (QED) is 0.650. The highest BCUT2D eigenvalue weighted by Crippen LogP contribution is 2.22. The Kier molecular flexibility index (Phi) is 4.63. The molecule has 0 aliphatic carbocycles. The van der Waals surface area contributed by atoms with Crippen molar-refractivity contribution in [3.8, 4) is 5.75 Å². The van der Waals surface area contributed by atoms with Crippen molar-refractivity contribution >= 4 is 10.8 Å². The number of rotatable bonds is 6. The van der Waals surface area contributed by atoms with Gasteiger partial charge in [0.05, 0.1) is 7.11 Å². The Labute approximate surface area is 110 Å². The predicted octanol–water partition coefficient (Wildman–Crippen LogP) is 4.97. The minimum absolute atomic E-state index is 0.936. The average molecular weight is 242 g/mol. The van der Waals surface area contributed by atoms with Crippen LogP contribution in [0, 0.1) is 0 Å². The molecular formula is C17H22O. The third-order valence-corrected chi connectivity index (χ3v) is 3.43. The van der Waals surface area contributed by atoms with Crippen molar-refractivity contribution in [2.24, 2.45) is 0 Å². The van der Waals surface area contributed by atoms with E-state index in [9.17, 15) is 0 Å². The van der Waals surface area contributed by atoms with Crippen molar-refractivity contribution in [1.82, 2.24) is 0 Å². The number of methoxy groups -OCH3 is 1. The average Bonchev–Trinajstić information content (AvgIpc) is 2.42. The molecule has 0 fully saturated rings. The summed E-state index contributed by atoms with van der Waals surface area (Å²) in [7, 11) is 1.72. The molecule has 0 spiro atoms. The van der Waals surface area contributed by atoms with Gasteiger partial charge in [-0.15, -0.1) is 0 Å². The van der Waals surface area contributed by atoms with Crippen LogP contribution in [-0.2, 0) is 6.42 Å². The van der Waals surface area contributed by atoms with E-state index in [0.29, 0.717) is 0 Å². The first-order chi connectivity index (χ1) is 8.83. The summed E-state index contributed by atoms with van der Waals surface area (Å²) in [5.41, 5.74) is 1.44. The second-order valence-electron chi connectivity index (χ2n) is 4.86. The minimum Gasteiger partial charge on any atom is -0.497 e. The Bertz CT molecular complexity index is 502. The van der Waals surface area contributed by atoms with Crippen molar-refractivity contribution in [1.29, 1.82) is 0 Å². The summed E-state index contributed by atoms with van der Waals surface area (Å²) >= 11 is 0. The normalized spacial score (nSPS) is 10.8. The molecule has 0 unspecified atom stereocenters. The molecule has 0 heterocycles. The second-order valence-corrected chi connectivity index (χ2v) is 4.86. The van der Waals surface area contributed by atoms with Crippen molar-refractivity contribution in [3.05, 3.63) is 42.0 Å². The van der Waals surface area contributed by atoms with Gasteiger partial charge in [-0.25, -0.2) is 0 Å². The molecule has 0 aromatic heterocycles. The number of hydrogen-bond acceptors (Lipinski definition) is 1.